The van der Waals surface area contributed by atoms with E-state index in [9.17, 15) is 9.59 Å². The number of hydrogen-bond acceptors (Lipinski definition) is 2. The first kappa shape index (κ1) is 20.0. The molecule has 0 saturated heterocycles. The van der Waals surface area contributed by atoms with Crippen LogP contribution >= 0.6 is 11.6 Å². The number of anilines is 1. The molecule has 2 amide bonds. The molecule has 4 rings (SSSR count). The molecular formula is C24H27ClN2O2. The van der Waals surface area contributed by atoms with Gasteiger partial charge in [-0.3, -0.25) is 9.59 Å². The minimum Gasteiger partial charge on any atom is -0.346 e. The Morgan fingerprint density at radius 2 is 1.90 bits per heavy atom. The normalized spacial score (nSPS) is 17.7. The molecule has 2 aromatic carbocycles. The van der Waals surface area contributed by atoms with Gasteiger partial charge in [0.15, 0.2) is 0 Å². The SMILES string of the molecule is C[C@@H](NC(=O)c1cccc(Cl)c1)c1ccc2c(c1)CCN2C(=O)C1CCCCC1. The van der Waals surface area contributed by atoms with Crippen LogP contribution < -0.4 is 10.2 Å². The zero-order chi connectivity index (χ0) is 20.4. The second-order valence-electron chi connectivity index (χ2n) is 8.17. The third-order valence-electron chi connectivity index (χ3n) is 6.15. The van der Waals surface area contributed by atoms with Crippen molar-refractivity contribution in [1.29, 1.82) is 0 Å². The minimum atomic E-state index is -0.144. The van der Waals surface area contributed by atoms with E-state index < -0.39 is 0 Å². The molecule has 1 fully saturated rings. The van der Waals surface area contributed by atoms with Crippen molar-refractivity contribution < 1.29 is 9.59 Å². The Morgan fingerprint density at radius 1 is 1.10 bits per heavy atom. The van der Waals surface area contributed by atoms with Crippen LogP contribution in [-0.4, -0.2) is 18.4 Å². The molecular weight excluding hydrogens is 384 g/mol. The topological polar surface area (TPSA) is 49.4 Å². The molecule has 0 radical (unpaired) electrons. The van der Waals surface area contributed by atoms with Crippen LogP contribution in [0.15, 0.2) is 42.5 Å². The fraction of sp³-hybridized carbons (Fsp3) is 0.417. The Hall–Kier alpha value is -2.33. The van der Waals surface area contributed by atoms with E-state index in [0.29, 0.717) is 16.5 Å². The van der Waals surface area contributed by atoms with Crippen LogP contribution in [-0.2, 0) is 11.2 Å². The Bertz CT molecular complexity index is 921. The molecule has 1 aliphatic carbocycles. The summed E-state index contributed by atoms with van der Waals surface area (Å²) in [6, 6.07) is 13.0. The summed E-state index contributed by atoms with van der Waals surface area (Å²) in [6.07, 6.45) is 6.50. The highest BCUT2D eigenvalue weighted by atomic mass is 35.5. The lowest BCUT2D eigenvalue weighted by Gasteiger charge is -2.26. The summed E-state index contributed by atoms with van der Waals surface area (Å²) >= 11 is 5.99. The zero-order valence-electron chi connectivity index (χ0n) is 16.8. The van der Waals surface area contributed by atoms with Gasteiger partial charge >= 0.3 is 0 Å². The standard InChI is InChI=1S/C24H27ClN2O2/c1-16(26-23(28)20-8-5-9-21(25)15-20)18-10-11-22-19(14-18)12-13-27(22)24(29)17-6-3-2-4-7-17/h5,8-11,14-17H,2-4,6-7,12-13H2,1H3,(H,26,28)/t16-/m1/s1. The van der Waals surface area contributed by atoms with Crippen LogP contribution in [0.5, 0.6) is 0 Å². The predicted octanol–water partition coefficient (Wildman–Crippen LogP) is 5.30. The predicted molar refractivity (Wildman–Crippen MR) is 116 cm³/mol. The van der Waals surface area contributed by atoms with Gasteiger partial charge in [0.1, 0.15) is 0 Å². The summed E-state index contributed by atoms with van der Waals surface area (Å²) in [5.41, 5.74) is 3.83. The summed E-state index contributed by atoms with van der Waals surface area (Å²) < 4.78 is 0. The van der Waals surface area contributed by atoms with E-state index in [0.717, 1.165) is 37.1 Å². The lowest BCUT2D eigenvalue weighted by molar-refractivity contribution is -0.123. The smallest absolute Gasteiger partial charge is 0.251 e. The average Bonchev–Trinajstić information content (AvgIpc) is 3.17. The zero-order valence-corrected chi connectivity index (χ0v) is 17.5. The van der Waals surface area contributed by atoms with Gasteiger partial charge in [-0.05, 0) is 61.6 Å². The lowest BCUT2D eigenvalue weighted by Crippen LogP contribution is -2.35. The largest absolute Gasteiger partial charge is 0.346 e. The van der Waals surface area contributed by atoms with E-state index in [-0.39, 0.29) is 17.9 Å². The second kappa shape index (κ2) is 8.58. The van der Waals surface area contributed by atoms with Gasteiger partial charge in [-0.25, -0.2) is 0 Å². The number of nitrogens with zero attached hydrogens (tertiary/aromatic N) is 1. The summed E-state index contributed by atoms with van der Waals surface area (Å²) in [5, 5.41) is 3.59. The van der Waals surface area contributed by atoms with Crippen molar-refractivity contribution in [2.45, 2.75) is 51.5 Å². The molecule has 1 N–H and O–H groups in total. The molecule has 0 spiro atoms. The number of amides is 2. The summed E-state index contributed by atoms with van der Waals surface area (Å²) in [4.78, 5) is 27.5. The van der Waals surface area contributed by atoms with Gasteiger partial charge in [0, 0.05) is 28.7 Å². The summed E-state index contributed by atoms with van der Waals surface area (Å²) in [6.45, 7) is 2.74. The quantitative estimate of drug-likeness (QED) is 0.743. The molecule has 4 nitrogen and oxygen atoms in total. The van der Waals surface area contributed by atoms with Crippen molar-refractivity contribution in [2.24, 2.45) is 5.92 Å². The van der Waals surface area contributed by atoms with E-state index in [1.54, 1.807) is 24.3 Å². The third kappa shape index (κ3) is 4.32. The summed E-state index contributed by atoms with van der Waals surface area (Å²) in [7, 11) is 0. The molecule has 0 unspecified atom stereocenters. The first-order valence-electron chi connectivity index (χ1n) is 10.5. The Kier molecular flexibility index (Phi) is 5.91. The van der Waals surface area contributed by atoms with Gasteiger partial charge in [-0.2, -0.15) is 0 Å². The number of fused-ring (bicyclic) bond motifs is 1. The highest BCUT2D eigenvalue weighted by molar-refractivity contribution is 6.30. The van der Waals surface area contributed by atoms with Gasteiger partial charge in [-0.15, -0.1) is 0 Å². The molecule has 0 bridgehead atoms. The highest BCUT2D eigenvalue weighted by Gasteiger charge is 2.31. The highest BCUT2D eigenvalue weighted by Crippen LogP contribution is 2.34. The van der Waals surface area contributed by atoms with Gasteiger partial charge in [-0.1, -0.05) is 49.1 Å². The van der Waals surface area contributed by atoms with Crippen LogP contribution in [0.3, 0.4) is 0 Å². The number of nitrogens with one attached hydrogen (secondary N) is 1. The van der Waals surface area contributed by atoms with Crippen LogP contribution in [0.4, 0.5) is 5.69 Å². The maximum atomic E-state index is 13.0. The van der Waals surface area contributed by atoms with Crippen molar-refractivity contribution in [3.63, 3.8) is 0 Å². The fourth-order valence-corrected chi connectivity index (χ4v) is 4.67. The van der Waals surface area contributed by atoms with Crippen LogP contribution in [0.25, 0.3) is 0 Å². The molecule has 2 aromatic rings. The number of hydrogen-bond donors (Lipinski definition) is 1. The molecule has 0 aromatic heterocycles. The van der Waals surface area contributed by atoms with Crippen molar-refractivity contribution in [3.05, 3.63) is 64.2 Å². The van der Waals surface area contributed by atoms with E-state index >= 15 is 0 Å². The molecule has 1 saturated carbocycles. The van der Waals surface area contributed by atoms with Crippen molar-refractivity contribution in [3.8, 4) is 0 Å². The second-order valence-corrected chi connectivity index (χ2v) is 8.60. The average molecular weight is 411 g/mol. The monoisotopic (exact) mass is 410 g/mol. The molecule has 152 valence electrons. The van der Waals surface area contributed by atoms with Gasteiger partial charge < -0.3 is 10.2 Å². The van der Waals surface area contributed by atoms with Crippen LogP contribution in [0.1, 0.15) is 66.6 Å². The number of carbonyl (C=O) groups excluding carboxylic acids is 2. The Balaban J connectivity index is 1.45. The van der Waals surface area contributed by atoms with Crippen LogP contribution in [0, 0.1) is 5.92 Å². The Morgan fingerprint density at radius 3 is 2.66 bits per heavy atom. The molecule has 2 aliphatic rings. The molecule has 5 heteroatoms. The maximum absolute atomic E-state index is 13.0. The van der Waals surface area contributed by atoms with E-state index in [1.807, 2.05) is 24.0 Å². The fourth-order valence-electron chi connectivity index (χ4n) is 4.48. The van der Waals surface area contributed by atoms with Crippen LogP contribution in [0.2, 0.25) is 5.02 Å². The van der Waals surface area contributed by atoms with Crippen molar-refractivity contribution in [2.75, 3.05) is 11.4 Å². The molecule has 29 heavy (non-hydrogen) atoms. The van der Waals surface area contributed by atoms with Gasteiger partial charge in [0.2, 0.25) is 5.91 Å². The third-order valence-corrected chi connectivity index (χ3v) is 6.39. The molecule has 1 heterocycles. The Labute approximate surface area is 177 Å². The van der Waals surface area contributed by atoms with E-state index in [1.165, 1.54) is 24.8 Å². The number of halogens is 1. The number of benzene rings is 2. The maximum Gasteiger partial charge on any atom is 0.251 e. The minimum absolute atomic E-state index is 0.130. The lowest BCUT2D eigenvalue weighted by atomic mass is 9.88. The number of rotatable bonds is 4. The van der Waals surface area contributed by atoms with E-state index in [2.05, 4.69) is 11.4 Å². The van der Waals surface area contributed by atoms with Crippen molar-refractivity contribution in [1.82, 2.24) is 5.32 Å². The first-order chi connectivity index (χ1) is 14.0. The molecule has 1 atom stereocenters. The van der Waals surface area contributed by atoms with E-state index in [4.69, 9.17) is 11.6 Å². The van der Waals surface area contributed by atoms with Gasteiger partial charge in [0.05, 0.1) is 6.04 Å². The van der Waals surface area contributed by atoms with Gasteiger partial charge in [0.25, 0.3) is 5.91 Å². The number of carbonyl (C=O) groups is 2. The van der Waals surface area contributed by atoms with Crippen molar-refractivity contribution >= 4 is 29.1 Å². The first-order valence-corrected chi connectivity index (χ1v) is 10.9. The molecule has 1 aliphatic heterocycles. The summed E-state index contributed by atoms with van der Waals surface area (Å²) in [5.74, 6) is 0.332.